The van der Waals surface area contributed by atoms with Crippen molar-refractivity contribution >= 4 is 0 Å². The van der Waals surface area contributed by atoms with Crippen molar-refractivity contribution in [3.63, 3.8) is 0 Å². The molecule has 2 N–H and O–H groups in total. The van der Waals surface area contributed by atoms with Crippen LogP contribution in [0.1, 0.15) is 44.6 Å². The third-order valence-electron chi connectivity index (χ3n) is 5.14. The predicted molar refractivity (Wildman–Crippen MR) is 90.0 cm³/mol. The van der Waals surface area contributed by atoms with Crippen LogP contribution in [0, 0.1) is 5.92 Å². The van der Waals surface area contributed by atoms with Gasteiger partial charge in [0, 0.05) is 5.54 Å². The van der Waals surface area contributed by atoms with Crippen LogP contribution < -0.4 is 5.73 Å². The maximum Gasteiger partial charge on any atom is 0.0438 e. The van der Waals surface area contributed by atoms with Crippen LogP contribution in [-0.2, 0) is 5.54 Å². The highest BCUT2D eigenvalue weighted by molar-refractivity contribution is 5.63. The van der Waals surface area contributed by atoms with Gasteiger partial charge in [0.25, 0.3) is 0 Å². The molecular weight excluding hydrogens is 254 g/mol. The van der Waals surface area contributed by atoms with Crippen molar-refractivity contribution in [3.05, 3.63) is 60.2 Å². The first-order valence-corrected chi connectivity index (χ1v) is 8.19. The van der Waals surface area contributed by atoms with Gasteiger partial charge in [-0.25, -0.2) is 0 Å². The minimum absolute atomic E-state index is 0.123. The molecule has 0 amide bonds. The first kappa shape index (κ1) is 14.3. The van der Waals surface area contributed by atoms with Crippen LogP contribution in [0.4, 0.5) is 0 Å². The Morgan fingerprint density at radius 1 is 0.952 bits per heavy atom. The van der Waals surface area contributed by atoms with Gasteiger partial charge in [-0.3, -0.25) is 0 Å². The zero-order valence-corrected chi connectivity index (χ0v) is 12.9. The summed E-state index contributed by atoms with van der Waals surface area (Å²) >= 11 is 0. The molecule has 0 spiro atoms. The van der Waals surface area contributed by atoms with E-state index in [1.54, 1.807) is 0 Å². The Hall–Kier alpha value is -1.60. The summed E-state index contributed by atoms with van der Waals surface area (Å²) < 4.78 is 0. The van der Waals surface area contributed by atoms with Crippen LogP contribution in [-0.4, -0.2) is 0 Å². The van der Waals surface area contributed by atoms with E-state index < -0.39 is 0 Å². The van der Waals surface area contributed by atoms with E-state index in [9.17, 15) is 0 Å². The molecule has 0 aliphatic heterocycles. The molecule has 1 fully saturated rings. The fourth-order valence-electron chi connectivity index (χ4n) is 3.82. The summed E-state index contributed by atoms with van der Waals surface area (Å²) in [6.07, 6.45) is 6.16. The van der Waals surface area contributed by atoms with Crippen molar-refractivity contribution in [3.8, 4) is 11.1 Å². The summed E-state index contributed by atoms with van der Waals surface area (Å²) in [5.74, 6) is 0.619. The Bertz CT molecular complexity index is 573. The SMILES string of the molecule is CCC1CCCCC1(N)c1ccc(-c2ccccc2)cc1. The number of rotatable bonds is 3. The average molecular weight is 279 g/mol. The van der Waals surface area contributed by atoms with Gasteiger partial charge in [0.05, 0.1) is 0 Å². The number of hydrogen-bond acceptors (Lipinski definition) is 1. The summed E-state index contributed by atoms with van der Waals surface area (Å²) in [6, 6.07) is 19.5. The second kappa shape index (κ2) is 6.03. The van der Waals surface area contributed by atoms with Gasteiger partial charge in [0.2, 0.25) is 0 Å². The first-order chi connectivity index (χ1) is 10.2. The summed E-state index contributed by atoms with van der Waals surface area (Å²) in [7, 11) is 0. The lowest BCUT2D eigenvalue weighted by Crippen LogP contribution is -2.46. The average Bonchev–Trinajstić information content (AvgIpc) is 2.56. The Morgan fingerprint density at radius 3 is 2.29 bits per heavy atom. The van der Waals surface area contributed by atoms with E-state index >= 15 is 0 Å². The molecule has 3 rings (SSSR count). The van der Waals surface area contributed by atoms with E-state index in [1.165, 1.54) is 42.4 Å². The van der Waals surface area contributed by atoms with Gasteiger partial charge in [-0.1, -0.05) is 80.8 Å². The summed E-state index contributed by atoms with van der Waals surface area (Å²) in [5.41, 5.74) is 10.6. The Kier molecular flexibility index (Phi) is 4.12. The van der Waals surface area contributed by atoms with Gasteiger partial charge < -0.3 is 5.73 Å². The van der Waals surface area contributed by atoms with Crippen LogP contribution in [0.5, 0.6) is 0 Å². The normalized spacial score (nSPS) is 25.7. The lowest BCUT2D eigenvalue weighted by Gasteiger charge is -2.41. The minimum Gasteiger partial charge on any atom is -0.321 e. The maximum absolute atomic E-state index is 6.82. The Morgan fingerprint density at radius 2 is 1.62 bits per heavy atom. The highest BCUT2D eigenvalue weighted by atomic mass is 14.8. The molecule has 1 heteroatoms. The summed E-state index contributed by atoms with van der Waals surface area (Å²) in [4.78, 5) is 0. The fraction of sp³-hybridized carbons (Fsp3) is 0.400. The molecule has 2 atom stereocenters. The van der Waals surface area contributed by atoms with E-state index in [-0.39, 0.29) is 5.54 Å². The molecule has 2 aromatic rings. The smallest absolute Gasteiger partial charge is 0.0438 e. The van der Waals surface area contributed by atoms with Crippen LogP contribution in [0.25, 0.3) is 11.1 Å². The molecule has 0 radical (unpaired) electrons. The number of hydrogen-bond donors (Lipinski definition) is 1. The van der Waals surface area contributed by atoms with Gasteiger partial charge >= 0.3 is 0 Å². The molecule has 1 aliphatic carbocycles. The molecule has 0 bridgehead atoms. The molecule has 1 nitrogen and oxygen atoms in total. The molecule has 0 saturated heterocycles. The monoisotopic (exact) mass is 279 g/mol. The van der Waals surface area contributed by atoms with E-state index in [4.69, 9.17) is 5.73 Å². The third-order valence-corrected chi connectivity index (χ3v) is 5.14. The van der Waals surface area contributed by atoms with Gasteiger partial charge in [-0.15, -0.1) is 0 Å². The predicted octanol–water partition coefficient (Wildman–Crippen LogP) is 5.11. The number of benzene rings is 2. The second-order valence-corrected chi connectivity index (χ2v) is 6.33. The van der Waals surface area contributed by atoms with Gasteiger partial charge in [-0.2, -0.15) is 0 Å². The highest BCUT2D eigenvalue weighted by Crippen LogP contribution is 2.41. The zero-order valence-electron chi connectivity index (χ0n) is 12.9. The van der Waals surface area contributed by atoms with Crippen molar-refractivity contribution < 1.29 is 0 Å². The van der Waals surface area contributed by atoms with Crippen molar-refractivity contribution in [2.24, 2.45) is 11.7 Å². The lowest BCUT2D eigenvalue weighted by atomic mass is 9.68. The zero-order chi connectivity index (χ0) is 14.7. The van der Waals surface area contributed by atoms with Gasteiger partial charge in [-0.05, 0) is 35.4 Å². The first-order valence-electron chi connectivity index (χ1n) is 8.19. The molecule has 1 saturated carbocycles. The molecule has 2 unspecified atom stereocenters. The van der Waals surface area contributed by atoms with E-state index in [2.05, 4.69) is 61.5 Å². The topological polar surface area (TPSA) is 26.0 Å². The maximum atomic E-state index is 6.82. The van der Waals surface area contributed by atoms with Crippen LogP contribution >= 0.6 is 0 Å². The standard InChI is InChI=1S/C20H25N/c1-2-18-10-6-7-15-20(18,21)19-13-11-17(12-14-19)16-8-4-3-5-9-16/h3-5,8-9,11-14,18H,2,6-7,10,15,21H2,1H3. The van der Waals surface area contributed by atoms with Crippen LogP contribution in [0.2, 0.25) is 0 Å². The summed E-state index contributed by atoms with van der Waals surface area (Å²) in [6.45, 7) is 2.27. The lowest BCUT2D eigenvalue weighted by molar-refractivity contribution is 0.184. The van der Waals surface area contributed by atoms with E-state index in [0.29, 0.717) is 5.92 Å². The molecule has 0 aromatic heterocycles. The quantitative estimate of drug-likeness (QED) is 0.830. The van der Waals surface area contributed by atoms with E-state index in [1.807, 2.05) is 0 Å². The van der Waals surface area contributed by atoms with Crippen LogP contribution in [0.3, 0.4) is 0 Å². The fourth-order valence-corrected chi connectivity index (χ4v) is 3.82. The highest BCUT2D eigenvalue weighted by Gasteiger charge is 2.37. The molecule has 21 heavy (non-hydrogen) atoms. The van der Waals surface area contributed by atoms with Crippen molar-refractivity contribution in [2.75, 3.05) is 0 Å². The number of nitrogens with two attached hydrogens (primary N) is 1. The van der Waals surface area contributed by atoms with E-state index in [0.717, 1.165) is 6.42 Å². The van der Waals surface area contributed by atoms with Gasteiger partial charge in [0.15, 0.2) is 0 Å². The Balaban J connectivity index is 1.90. The largest absolute Gasteiger partial charge is 0.321 e. The summed E-state index contributed by atoms with van der Waals surface area (Å²) in [5, 5.41) is 0. The molecule has 110 valence electrons. The Labute approximate surface area is 128 Å². The van der Waals surface area contributed by atoms with Crippen LogP contribution in [0.15, 0.2) is 54.6 Å². The van der Waals surface area contributed by atoms with Crippen molar-refractivity contribution in [2.45, 2.75) is 44.6 Å². The van der Waals surface area contributed by atoms with Crippen molar-refractivity contribution in [1.29, 1.82) is 0 Å². The van der Waals surface area contributed by atoms with Gasteiger partial charge in [0.1, 0.15) is 0 Å². The second-order valence-electron chi connectivity index (χ2n) is 6.33. The molecule has 2 aromatic carbocycles. The molecule has 0 heterocycles. The molecule has 1 aliphatic rings. The molecular formula is C20H25N. The van der Waals surface area contributed by atoms with Crippen molar-refractivity contribution in [1.82, 2.24) is 0 Å². The third kappa shape index (κ3) is 2.75. The minimum atomic E-state index is -0.123.